The standard InChI is InChI=1S/C34H32N4O2/c1-22-14-27(40)11-13-33(22)38(26-8-3-2-4-9-26)34-28-16-25(10-12-32(28)35-21-36-34)24-7-5-6-23(15-24)17-37-18-29-30(19-37)31(29)20-39/h2-16,21,29-31,39-40H,17-20H2,1H3. The molecular formula is C34H32N4O2. The number of aromatic hydroxyl groups is 1. The predicted molar refractivity (Wildman–Crippen MR) is 159 cm³/mol. The van der Waals surface area contributed by atoms with E-state index in [1.807, 2.05) is 31.2 Å². The number of anilines is 3. The van der Waals surface area contributed by atoms with Crippen molar-refractivity contribution in [3.05, 3.63) is 108 Å². The number of hydrogen-bond donors (Lipinski definition) is 2. The Bertz CT molecular complexity index is 1680. The van der Waals surface area contributed by atoms with Gasteiger partial charge in [-0.15, -0.1) is 0 Å². The van der Waals surface area contributed by atoms with Crippen molar-refractivity contribution < 1.29 is 10.2 Å². The van der Waals surface area contributed by atoms with Crippen LogP contribution < -0.4 is 4.90 Å². The molecule has 2 unspecified atom stereocenters. The minimum absolute atomic E-state index is 0.239. The summed E-state index contributed by atoms with van der Waals surface area (Å²) in [5.74, 6) is 2.91. The molecule has 6 nitrogen and oxygen atoms in total. The zero-order valence-electron chi connectivity index (χ0n) is 22.5. The van der Waals surface area contributed by atoms with Gasteiger partial charge < -0.3 is 10.2 Å². The van der Waals surface area contributed by atoms with E-state index in [-0.39, 0.29) is 5.75 Å². The van der Waals surface area contributed by atoms with E-state index >= 15 is 0 Å². The zero-order chi connectivity index (χ0) is 27.2. The Labute approximate surface area is 234 Å². The van der Waals surface area contributed by atoms with Crippen molar-refractivity contribution in [1.29, 1.82) is 0 Å². The first-order valence-electron chi connectivity index (χ1n) is 13.9. The number of phenols is 1. The van der Waals surface area contributed by atoms with Crippen LogP contribution in [0.1, 0.15) is 11.1 Å². The van der Waals surface area contributed by atoms with E-state index in [4.69, 9.17) is 4.98 Å². The predicted octanol–water partition coefficient (Wildman–Crippen LogP) is 6.45. The Balaban J connectivity index is 1.26. The lowest BCUT2D eigenvalue weighted by molar-refractivity contribution is 0.217. The molecule has 2 aliphatic rings. The van der Waals surface area contributed by atoms with E-state index in [0.717, 1.165) is 58.9 Å². The molecule has 1 aliphatic heterocycles. The summed E-state index contributed by atoms with van der Waals surface area (Å²) in [5.41, 5.74) is 7.33. The Hall–Kier alpha value is -4.26. The van der Waals surface area contributed by atoms with Crippen LogP contribution in [0.25, 0.3) is 22.0 Å². The maximum absolute atomic E-state index is 10.1. The van der Waals surface area contributed by atoms with E-state index in [2.05, 4.69) is 69.4 Å². The molecule has 2 N–H and O–H groups in total. The molecule has 0 radical (unpaired) electrons. The number of piperidine rings is 1. The van der Waals surface area contributed by atoms with Gasteiger partial charge in [0, 0.05) is 37.3 Å². The van der Waals surface area contributed by atoms with Crippen LogP contribution in [-0.2, 0) is 6.54 Å². The van der Waals surface area contributed by atoms with Crippen LogP contribution >= 0.6 is 0 Å². The highest BCUT2D eigenvalue weighted by molar-refractivity contribution is 5.97. The number of aliphatic hydroxyl groups excluding tert-OH is 1. The first-order valence-corrected chi connectivity index (χ1v) is 13.9. The molecule has 4 aromatic carbocycles. The summed E-state index contributed by atoms with van der Waals surface area (Å²) in [6.45, 7) is 5.44. The number of fused-ring (bicyclic) bond motifs is 2. The Kier molecular flexibility index (Phi) is 6.22. The second-order valence-corrected chi connectivity index (χ2v) is 11.1. The monoisotopic (exact) mass is 528 g/mol. The lowest BCUT2D eigenvalue weighted by Gasteiger charge is -2.27. The summed E-state index contributed by atoms with van der Waals surface area (Å²) >= 11 is 0. The number of aryl methyl sites for hydroxylation is 1. The molecule has 0 bridgehead atoms. The lowest BCUT2D eigenvalue weighted by atomic mass is 10.0. The fraction of sp³-hybridized carbons (Fsp3) is 0.235. The van der Waals surface area contributed by atoms with Crippen molar-refractivity contribution in [2.24, 2.45) is 17.8 Å². The van der Waals surface area contributed by atoms with Crippen molar-refractivity contribution in [3.8, 4) is 16.9 Å². The molecule has 1 aliphatic carbocycles. The average molecular weight is 529 g/mol. The van der Waals surface area contributed by atoms with Crippen LogP contribution in [0.4, 0.5) is 17.2 Å². The lowest BCUT2D eigenvalue weighted by Crippen LogP contribution is -2.24. The van der Waals surface area contributed by atoms with Crippen LogP contribution in [-0.4, -0.2) is 44.8 Å². The van der Waals surface area contributed by atoms with Gasteiger partial charge in [-0.1, -0.05) is 42.5 Å². The fourth-order valence-electron chi connectivity index (χ4n) is 6.49. The molecule has 1 aromatic heterocycles. The minimum atomic E-state index is 0.239. The van der Waals surface area contributed by atoms with Gasteiger partial charge >= 0.3 is 0 Å². The quantitative estimate of drug-likeness (QED) is 0.253. The maximum atomic E-state index is 10.1. The van der Waals surface area contributed by atoms with Crippen LogP contribution in [0.15, 0.2) is 97.3 Å². The van der Waals surface area contributed by atoms with Gasteiger partial charge in [0.2, 0.25) is 0 Å². The summed E-state index contributed by atoms with van der Waals surface area (Å²) < 4.78 is 0. The normalized spacial score (nSPS) is 20.0. The number of aliphatic hydroxyl groups is 1. The number of hydrogen-bond acceptors (Lipinski definition) is 6. The van der Waals surface area contributed by atoms with Gasteiger partial charge in [-0.25, -0.2) is 9.97 Å². The summed E-state index contributed by atoms with van der Waals surface area (Å²) in [6, 6.07) is 30.8. The largest absolute Gasteiger partial charge is 0.508 e. The topological polar surface area (TPSA) is 72.7 Å². The molecule has 2 fully saturated rings. The van der Waals surface area contributed by atoms with Gasteiger partial charge in [-0.3, -0.25) is 9.80 Å². The molecule has 2 atom stereocenters. The van der Waals surface area contributed by atoms with E-state index in [1.165, 1.54) is 11.1 Å². The van der Waals surface area contributed by atoms with Gasteiger partial charge in [-0.2, -0.15) is 0 Å². The first kappa shape index (κ1) is 24.8. The zero-order valence-corrected chi connectivity index (χ0v) is 22.5. The molecule has 2 heterocycles. The second kappa shape index (κ2) is 10.0. The van der Waals surface area contributed by atoms with E-state index in [1.54, 1.807) is 18.5 Å². The molecule has 7 rings (SSSR count). The Morgan fingerprint density at radius 2 is 1.65 bits per heavy atom. The van der Waals surface area contributed by atoms with Crippen molar-refractivity contribution in [3.63, 3.8) is 0 Å². The average Bonchev–Trinajstić information content (AvgIpc) is 3.46. The smallest absolute Gasteiger partial charge is 0.148 e. The summed E-state index contributed by atoms with van der Waals surface area (Å²) in [4.78, 5) is 14.0. The molecule has 40 heavy (non-hydrogen) atoms. The second-order valence-electron chi connectivity index (χ2n) is 11.1. The highest BCUT2D eigenvalue weighted by Crippen LogP contribution is 2.51. The van der Waals surface area contributed by atoms with Gasteiger partial charge in [0.25, 0.3) is 0 Å². The highest BCUT2D eigenvalue weighted by atomic mass is 16.3. The Morgan fingerprint density at radius 1 is 0.850 bits per heavy atom. The number of aromatic nitrogens is 2. The molecule has 1 saturated carbocycles. The maximum Gasteiger partial charge on any atom is 0.148 e. The fourth-order valence-corrected chi connectivity index (χ4v) is 6.49. The molecule has 6 heteroatoms. The number of likely N-dealkylation sites (tertiary alicyclic amines) is 1. The van der Waals surface area contributed by atoms with Gasteiger partial charge in [0.15, 0.2) is 0 Å². The summed E-state index contributed by atoms with van der Waals surface area (Å²) in [7, 11) is 0. The van der Waals surface area contributed by atoms with E-state index < -0.39 is 0 Å². The summed E-state index contributed by atoms with van der Waals surface area (Å²) in [6.07, 6.45) is 1.62. The van der Waals surface area contributed by atoms with Gasteiger partial charge in [0.05, 0.1) is 11.2 Å². The van der Waals surface area contributed by atoms with E-state index in [9.17, 15) is 10.2 Å². The highest BCUT2D eigenvalue weighted by Gasteiger charge is 2.54. The number of para-hydroxylation sites is 1. The van der Waals surface area contributed by atoms with Gasteiger partial charge in [0.1, 0.15) is 17.9 Å². The van der Waals surface area contributed by atoms with Crippen molar-refractivity contribution in [2.75, 3.05) is 24.6 Å². The number of benzene rings is 4. The van der Waals surface area contributed by atoms with E-state index in [0.29, 0.717) is 24.4 Å². The molecule has 0 amide bonds. The SMILES string of the molecule is Cc1cc(O)ccc1N(c1ccccc1)c1ncnc2ccc(-c3cccc(CN4CC5C(CO)C5C4)c3)cc12. The minimum Gasteiger partial charge on any atom is -0.508 e. The number of rotatable bonds is 7. The van der Waals surface area contributed by atoms with Crippen molar-refractivity contribution >= 4 is 28.1 Å². The molecule has 1 saturated heterocycles. The molecule has 0 spiro atoms. The number of nitrogens with zero attached hydrogens (tertiary/aromatic N) is 4. The first-order chi connectivity index (χ1) is 19.6. The molecule has 200 valence electrons. The Morgan fingerprint density at radius 3 is 2.42 bits per heavy atom. The molecular weight excluding hydrogens is 496 g/mol. The third-order valence-electron chi connectivity index (χ3n) is 8.59. The third kappa shape index (κ3) is 4.49. The van der Waals surface area contributed by atoms with Crippen LogP contribution in [0.2, 0.25) is 0 Å². The molecule has 5 aromatic rings. The third-order valence-corrected chi connectivity index (χ3v) is 8.59. The number of phenolic OH excluding ortho intramolecular Hbond substituents is 1. The van der Waals surface area contributed by atoms with Crippen molar-refractivity contribution in [2.45, 2.75) is 13.5 Å². The van der Waals surface area contributed by atoms with Crippen molar-refractivity contribution in [1.82, 2.24) is 14.9 Å². The van der Waals surface area contributed by atoms with Crippen LogP contribution in [0.3, 0.4) is 0 Å². The van der Waals surface area contributed by atoms with Gasteiger partial charge in [-0.05, 0) is 95.5 Å². The van der Waals surface area contributed by atoms with Crippen LogP contribution in [0.5, 0.6) is 5.75 Å². The van der Waals surface area contributed by atoms with Crippen LogP contribution in [0, 0.1) is 24.7 Å². The summed E-state index contributed by atoms with van der Waals surface area (Å²) in [5, 5.41) is 20.5.